The Labute approximate surface area is 145 Å². The number of ether oxygens (including phenoxy) is 2. The van der Waals surface area contributed by atoms with Crippen LogP contribution >= 0.6 is 11.6 Å². The number of hydrogen-bond acceptors (Lipinski definition) is 5. The molecule has 0 aliphatic carbocycles. The van der Waals surface area contributed by atoms with Crippen LogP contribution in [0.1, 0.15) is 12.0 Å². The van der Waals surface area contributed by atoms with Crippen molar-refractivity contribution in [1.82, 2.24) is 0 Å². The van der Waals surface area contributed by atoms with Crippen LogP contribution in [0.5, 0.6) is 17.2 Å². The summed E-state index contributed by atoms with van der Waals surface area (Å²) in [5.74, 6) is 0.556. The van der Waals surface area contributed by atoms with Crippen LogP contribution in [-0.2, 0) is 10.0 Å². The molecule has 2 N–H and O–H groups in total. The SMILES string of the molecule is Cc1ccc(O)c(S(=O)(=O)Nc2cc3c(cc2Cl)OCCCO3)c1. The van der Waals surface area contributed by atoms with Crippen LogP contribution in [0.25, 0.3) is 0 Å². The van der Waals surface area contributed by atoms with Gasteiger partial charge in [-0.25, -0.2) is 8.42 Å². The minimum atomic E-state index is -4.01. The van der Waals surface area contributed by atoms with Crippen molar-refractivity contribution < 1.29 is 23.0 Å². The van der Waals surface area contributed by atoms with E-state index in [1.807, 2.05) is 0 Å². The Morgan fingerprint density at radius 3 is 2.50 bits per heavy atom. The zero-order valence-electron chi connectivity index (χ0n) is 12.9. The summed E-state index contributed by atoms with van der Waals surface area (Å²) in [5.41, 5.74) is 0.861. The fourth-order valence-corrected chi connectivity index (χ4v) is 3.81. The van der Waals surface area contributed by atoms with Crippen molar-refractivity contribution in [2.75, 3.05) is 17.9 Å². The molecule has 24 heavy (non-hydrogen) atoms. The molecular formula is C16H16ClNO5S. The number of nitrogens with one attached hydrogen (secondary N) is 1. The average molecular weight is 370 g/mol. The Hall–Kier alpha value is -2.12. The van der Waals surface area contributed by atoms with Crippen LogP contribution in [0.3, 0.4) is 0 Å². The maximum Gasteiger partial charge on any atom is 0.265 e. The lowest BCUT2D eigenvalue weighted by molar-refractivity contribution is 0.297. The third kappa shape index (κ3) is 3.37. The van der Waals surface area contributed by atoms with Gasteiger partial charge in [-0.2, -0.15) is 0 Å². The normalized spacial score (nSPS) is 14.1. The number of hydrogen-bond donors (Lipinski definition) is 2. The topological polar surface area (TPSA) is 84.9 Å². The molecule has 8 heteroatoms. The highest BCUT2D eigenvalue weighted by Crippen LogP contribution is 2.39. The second-order valence-electron chi connectivity index (χ2n) is 5.41. The molecule has 3 rings (SSSR count). The quantitative estimate of drug-likeness (QED) is 0.866. The molecule has 0 atom stereocenters. The first-order valence-electron chi connectivity index (χ1n) is 7.28. The van der Waals surface area contributed by atoms with E-state index in [0.717, 1.165) is 6.42 Å². The predicted octanol–water partition coefficient (Wildman–Crippen LogP) is 3.32. The second-order valence-corrected chi connectivity index (χ2v) is 7.46. The molecule has 0 saturated heterocycles. The van der Waals surface area contributed by atoms with Crippen LogP contribution in [0.4, 0.5) is 5.69 Å². The van der Waals surface area contributed by atoms with Crippen molar-refractivity contribution in [2.45, 2.75) is 18.2 Å². The molecule has 0 aromatic heterocycles. The van der Waals surface area contributed by atoms with Gasteiger partial charge in [-0.3, -0.25) is 4.72 Å². The monoisotopic (exact) mass is 369 g/mol. The van der Waals surface area contributed by atoms with Gasteiger partial charge in [0.25, 0.3) is 10.0 Å². The molecule has 0 bridgehead atoms. The van der Waals surface area contributed by atoms with Crippen molar-refractivity contribution >= 4 is 27.3 Å². The van der Waals surface area contributed by atoms with Crippen LogP contribution in [-0.4, -0.2) is 26.7 Å². The van der Waals surface area contributed by atoms with Crippen LogP contribution in [0, 0.1) is 6.92 Å². The molecule has 0 unspecified atom stereocenters. The first kappa shape index (κ1) is 16.7. The summed E-state index contributed by atoms with van der Waals surface area (Å²) in [6, 6.07) is 7.33. The van der Waals surface area contributed by atoms with E-state index >= 15 is 0 Å². The molecule has 2 aromatic rings. The first-order chi connectivity index (χ1) is 11.4. The Morgan fingerprint density at radius 1 is 1.12 bits per heavy atom. The highest BCUT2D eigenvalue weighted by Gasteiger charge is 2.22. The van der Waals surface area contributed by atoms with E-state index < -0.39 is 10.0 Å². The number of sulfonamides is 1. The first-order valence-corrected chi connectivity index (χ1v) is 9.14. The minimum Gasteiger partial charge on any atom is -0.507 e. The molecule has 0 radical (unpaired) electrons. The number of aromatic hydroxyl groups is 1. The van der Waals surface area contributed by atoms with Gasteiger partial charge in [0.05, 0.1) is 23.9 Å². The number of benzene rings is 2. The molecule has 128 valence electrons. The molecule has 0 saturated carbocycles. The largest absolute Gasteiger partial charge is 0.507 e. The predicted molar refractivity (Wildman–Crippen MR) is 90.7 cm³/mol. The fraction of sp³-hybridized carbons (Fsp3) is 0.250. The lowest BCUT2D eigenvalue weighted by Crippen LogP contribution is -2.14. The Bertz CT molecular complexity index is 882. The van der Waals surface area contributed by atoms with Gasteiger partial charge >= 0.3 is 0 Å². The van der Waals surface area contributed by atoms with Crippen molar-refractivity contribution in [2.24, 2.45) is 0 Å². The number of rotatable bonds is 3. The van der Waals surface area contributed by atoms with E-state index in [1.165, 1.54) is 24.3 Å². The standard InChI is InChI=1S/C16H16ClNO5S/c1-10-3-4-13(19)16(7-10)24(20,21)18-12-9-15-14(8-11(12)17)22-5-2-6-23-15/h3-4,7-9,18-19H,2,5-6H2,1H3. The molecular weight excluding hydrogens is 354 g/mol. The molecule has 0 amide bonds. The van der Waals surface area contributed by atoms with E-state index in [2.05, 4.69) is 4.72 Å². The van der Waals surface area contributed by atoms with Gasteiger partial charge in [0.15, 0.2) is 11.5 Å². The van der Waals surface area contributed by atoms with Gasteiger partial charge in [-0.15, -0.1) is 0 Å². The number of fused-ring (bicyclic) bond motifs is 1. The Morgan fingerprint density at radius 2 is 1.79 bits per heavy atom. The summed E-state index contributed by atoms with van der Waals surface area (Å²) in [4.78, 5) is -0.217. The molecule has 1 aliphatic rings. The Balaban J connectivity index is 1.98. The number of halogens is 1. The van der Waals surface area contributed by atoms with Gasteiger partial charge in [-0.05, 0) is 24.6 Å². The average Bonchev–Trinajstić information content (AvgIpc) is 2.74. The molecule has 0 spiro atoms. The molecule has 0 fully saturated rings. The summed E-state index contributed by atoms with van der Waals surface area (Å²) in [7, 11) is -4.01. The summed E-state index contributed by atoms with van der Waals surface area (Å²) in [6.07, 6.45) is 0.727. The number of aryl methyl sites for hydroxylation is 1. The maximum atomic E-state index is 12.6. The van der Waals surface area contributed by atoms with Crippen LogP contribution in [0.2, 0.25) is 5.02 Å². The minimum absolute atomic E-state index is 0.154. The molecule has 1 aliphatic heterocycles. The van der Waals surface area contributed by atoms with Gasteiger partial charge in [0, 0.05) is 18.6 Å². The van der Waals surface area contributed by atoms with Crippen LogP contribution in [0.15, 0.2) is 35.2 Å². The van der Waals surface area contributed by atoms with Crippen molar-refractivity contribution in [1.29, 1.82) is 0 Å². The van der Waals surface area contributed by atoms with Crippen LogP contribution < -0.4 is 14.2 Å². The summed E-state index contributed by atoms with van der Waals surface area (Å²) in [6.45, 7) is 2.71. The lowest BCUT2D eigenvalue weighted by atomic mass is 10.2. The van der Waals surface area contributed by atoms with Crippen molar-refractivity contribution in [3.05, 3.63) is 40.9 Å². The third-order valence-electron chi connectivity index (χ3n) is 3.49. The number of anilines is 1. The van der Waals surface area contributed by atoms with E-state index in [9.17, 15) is 13.5 Å². The van der Waals surface area contributed by atoms with E-state index in [-0.39, 0.29) is 21.4 Å². The summed E-state index contributed by atoms with van der Waals surface area (Å²) in [5, 5.41) is 10.0. The van der Waals surface area contributed by atoms with Gasteiger partial charge in [-0.1, -0.05) is 17.7 Å². The summed E-state index contributed by atoms with van der Waals surface area (Å²) < 4.78 is 38.6. The molecule has 6 nitrogen and oxygen atoms in total. The smallest absolute Gasteiger partial charge is 0.265 e. The van der Waals surface area contributed by atoms with Crippen molar-refractivity contribution in [3.8, 4) is 17.2 Å². The summed E-state index contributed by atoms with van der Waals surface area (Å²) >= 11 is 6.15. The van der Waals surface area contributed by atoms with E-state index in [4.69, 9.17) is 21.1 Å². The third-order valence-corrected chi connectivity index (χ3v) is 5.19. The highest BCUT2D eigenvalue weighted by atomic mass is 35.5. The fourth-order valence-electron chi connectivity index (χ4n) is 2.30. The van der Waals surface area contributed by atoms with E-state index in [1.54, 1.807) is 13.0 Å². The molecule has 1 heterocycles. The zero-order chi connectivity index (χ0) is 17.3. The molecule has 2 aromatic carbocycles. The lowest BCUT2D eigenvalue weighted by Gasteiger charge is -2.14. The van der Waals surface area contributed by atoms with Gasteiger partial charge in [0.1, 0.15) is 10.6 Å². The van der Waals surface area contributed by atoms with Gasteiger partial charge < -0.3 is 14.6 Å². The Kier molecular flexibility index (Phi) is 4.47. The number of phenols is 1. The van der Waals surface area contributed by atoms with E-state index in [0.29, 0.717) is 30.3 Å². The van der Waals surface area contributed by atoms with Crippen molar-refractivity contribution in [3.63, 3.8) is 0 Å². The zero-order valence-corrected chi connectivity index (χ0v) is 14.4. The maximum absolute atomic E-state index is 12.6. The second kappa shape index (κ2) is 6.41. The number of phenolic OH excluding ortho intramolecular Hbond substituents is 1. The highest BCUT2D eigenvalue weighted by molar-refractivity contribution is 7.92. The van der Waals surface area contributed by atoms with Gasteiger partial charge in [0.2, 0.25) is 0 Å².